The second kappa shape index (κ2) is 6.43. The maximum absolute atomic E-state index is 5.94. The molecule has 1 aliphatic rings. The predicted octanol–water partition coefficient (Wildman–Crippen LogP) is 4.44. The molecule has 0 saturated carbocycles. The van der Waals surface area contributed by atoms with Crippen LogP contribution in [0.4, 0.5) is 0 Å². The van der Waals surface area contributed by atoms with Crippen molar-refractivity contribution >= 4 is 22.9 Å². The Labute approximate surface area is 143 Å². The number of benzene rings is 1. The van der Waals surface area contributed by atoms with Crippen molar-refractivity contribution in [3.8, 4) is 10.7 Å². The molecule has 0 N–H and O–H groups in total. The van der Waals surface area contributed by atoms with Gasteiger partial charge in [0, 0.05) is 18.1 Å². The number of rotatable bonds is 4. The number of hydrogen-bond donors (Lipinski definition) is 0. The van der Waals surface area contributed by atoms with Crippen molar-refractivity contribution in [2.75, 3.05) is 13.1 Å². The Balaban J connectivity index is 1.41. The molecule has 4 rings (SSSR count). The van der Waals surface area contributed by atoms with Crippen LogP contribution in [0.15, 0.2) is 46.3 Å². The zero-order valence-electron chi connectivity index (χ0n) is 12.5. The van der Waals surface area contributed by atoms with Crippen molar-refractivity contribution in [2.45, 2.75) is 18.9 Å². The lowest BCUT2D eigenvalue weighted by molar-refractivity contribution is 0.309. The normalized spacial score (nSPS) is 18.6. The Hall–Kier alpha value is -1.69. The molecule has 1 saturated heterocycles. The molecule has 4 nitrogen and oxygen atoms in total. The largest absolute Gasteiger partial charge is 0.339 e. The third-order valence-electron chi connectivity index (χ3n) is 4.12. The van der Waals surface area contributed by atoms with Gasteiger partial charge in [-0.25, -0.2) is 0 Å². The summed E-state index contributed by atoms with van der Waals surface area (Å²) >= 11 is 7.56. The molecule has 0 aliphatic carbocycles. The molecule has 118 valence electrons. The van der Waals surface area contributed by atoms with Gasteiger partial charge in [-0.3, -0.25) is 4.90 Å². The van der Waals surface area contributed by atoms with Gasteiger partial charge in [-0.15, -0.1) is 11.3 Å². The smallest absolute Gasteiger partial charge is 0.231 e. The summed E-state index contributed by atoms with van der Waals surface area (Å²) < 4.78 is 5.49. The van der Waals surface area contributed by atoms with Crippen molar-refractivity contribution in [1.82, 2.24) is 15.0 Å². The fourth-order valence-electron chi connectivity index (χ4n) is 2.93. The summed E-state index contributed by atoms with van der Waals surface area (Å²) in [7, 11) is 0. The van der Waals surface area contributed by atoms with Gasteiger partial charge in [0.1, 0.15) is 0 Å². The lowest BCUT2D eigenvalue weighted by Gasteiger charge is -2.15. The van der Waals surface area contributed by atoms with Gasteiger partial charge in [0.15, 0.2) is 0 Å². The van der Waals surface area contributed by atoms with E-state index >= 15 is 0 Å². The van der Waals surface area contributed by atoms with Crippen molar-refractivity contribution in [1.29, 1.82) is 0 Å². The van der Waals surface area contributed by atoms with E-state index in [4.69, 9.17) is 16.1 Å². The van der Waals surface area contributed by atoms with Gasteiger partial charge in [-0.1, -0.05) is 35.0 Å². The van der Waals surface area contributed by atoms with E-state index in [1.165, 1.54) is 5.56 Å². The van der Waals surface area contributed by atoms with Crippen LogP contribution in [0, 0.1) is 0 Å². The van der Waals surface area contributed by atoms with Crippen LogP contribution in [0.3, 0.4) is 0 Å². The van der Waals surface area contributed by atoms with Crippen molar-refractivity contribution in [2.24, 2.45) is 0 Å². The van der Waals surface area contributed by atoms with Gasteiger partial charge in [-0.2, -0.15) is 4.98 Å². The van der Waals surface area contributed by atoms with Gasteiger partial charge >= 0.3 is 0 Å². The van der Waals surface area contributed by atoms with Crippen LogP contribution >= 0.6 is 22.9 Å². The zero-order valence-corrected chi connectivity index (χ0v) is 14.1. The molecule has 1 fully saturated rings. The van der Waals surface area contributed by atoms with Crippen LogP contribution < -0.4 is 0 Å². The maximum Gasteiger partial charge on any atom is 0.231 e. The lowest BCUT2D eigenvalue weighted by atomic mass is 10.1. The fraction of sp³-hybridized carbons (Fsp3) is 0.294. The first-order valence-corrected chi connectivity index (χ1v) is 8.88. The van der Waals surface area contributed by atoms with Crippen LogP contribution in [0.2, 0.25) is 5.02 Å². The minimum absolute atomic E-state index is 0.323. The molecule has 3 heterocycles. The monoisotopic (exact) mass is 345 g/mol. The first-order valence-electron chi connectivity index (χ1n) is 7.62. The van der Waals surface area contributed by atoms with Crippen LogP contribution in [0.25, 0.3) is 10.7 Å². The minimum Gasteiger partial charge on any atom is -0.339 e. The molecule has 0 radical (unpaired) electrons. The van der Waals surface area contributed by atoms with Crippen LogP contribution in [-0.2, 0) is 6.54 Å². The van der Waals surface area contributed by atoms with Gasteiger partial charge < -0.3 is 4.52 Å². The third-order valence-corrected chi connectivity index (χ3v) is 5.24. The maximum atomic E-state index is 5.94. The molecule has 0 unspecified atom stereocenters. The summed E-state index contributed by atoms with van der Waals surface area (Å²) in [6, 6.07) is 12.1. The Morgan fingerprint density at radius 3 is 2.91 bits per heavy atom. The standard InChI is InChI=1S/C17H16ClN3OS/c18-14-5-3-12(4-6-14)10-21-8-7-13(11-21)17-19-16(20-22-17)15-2-1-9-23-15/h1-6,9,13H,7-8,10-11H2/t13-/m1/s1. The number of likely N-dealkylation sites (tertiary alicyclic amines) is 1. The third kappa shape index (κ3) is 3.32. The van der Waals surface area contributed by atoms with Crippen LogP contribution in [0.5, 0.6) is 0 Å². The van der Waals surface area contributed by atoms with E-state index in [-0.39, 0.29) is 0 Å². The Morgan fingerprint density at radius 2 is 2.13 bits per heavy atom. The van der Waals surface area contributed by atoms with Crippen LogP contribution in [0.1, 0.15) is 23.8 Å². The molecular weight excluding hydrogens is 330 g/mol. The molecule has 0 bridgehead atoms. The highest BCUT2D eigenvalue weighted by Gasteiger charge is 2.28. The van der Waals surface area contributed by atoms with Gasteiger partial charge in [0.2, 0.25) is 11.7 Å². The first kappa shape index (κ1) is 14.9. The fourth-order valence-corrected chi connectivity index (χ4v) is 3.71. The second-order valence-corrected chi connectivity index (χ2v) is 7.16. The van der Waals surface area contributed by atoms with E-state index in [0.29, 0.717) is 11.7 Å². The second-order valence-electron chi connectivity index (χ2n) is 5.78. The summed E-state index contributed by atoms with van der Waals surface area (Å²) in [6.07, 6.45) is 1.06. The number of nitrogens with zero attached hydrogens (tertiary/aromatic N) is 3. The molecule has 1 aromatic carbocycles. The molecule has 1 atom stereocenters. The zero-order chi connectivity index (χ0) is 15.6. The average Bonchev–Trinajstić information content (AvgIpc) is 3.30. The van der Waals surface area contributed by atoms with Crippen molar-refractivity contribution in [3.63, 3.8) is 0 Å². The lowest BCUT2D eigenvalue weighted by Crippen LogP contribution is -2.19. The summed E-state index contributed by atoms with van der Waals surface area (Å²) in [5.74, 6) is 1.78. The molecule has 1 aliphatic heterocycles. The van der Waals surface area contributed by atoms with E-state index in [0.717, 1.165) is 41.8 Å². The highest BCUT2D eigenvalue weighted by Crippen LogP contribution is 2.29. The molecule has 2 aromatic heterocycles. The Bertz CT molecular complexity index is 770. The summed E-state index contributed by atoms with van der Waals surface area (Å²) in [4.78, 5) is 8.05. The van der Waals surface area contributed by atoms with E-state index in [1.54, 1.807) is 11.3 Å². The van der Waals surface area contributed by atoms with Gasteiger partial charge in [0.05, 0.1) is 10.8 Å². The molecule has 6 heteroatoms. The van der Waals surface area contributed by atoms with E-state index in [2.05, 4.69) is 27.2 Å². The molecular formula is C17H16ClN3OS. The van der Waals surface area contributed by atoms with Crippen molar-refractivity contribution in [3.05, 3.63) is 58.3 Å². The van der Waals surface area contributed by atoms with Crippen LogP contribution in [-0.4, -0.2) is 28.1 Å². The van der Waals surface area contributed by atoms with Gasteiger partial charge in [-0.05, 0) is 42.1 Å². The summed E-state index contributed by atoms with van der Waals surface area (Å²) in [6.45, 7) is 2.93. The van der Waals surface area contributed by atoms with Gasteiger partial charge in [0.25, 0.3) is 0 Å². The number of halogens is 1. The molecule has 0 spiro atoms. The average molecular weight is 346 g/mol. The Kier molecular flexibility index (Phi) is 4.16. The quantitative estimate of drug-likeness (QED) is 0.701. The Morgan fingerprint density at radius 1 is 1.26 bits per heavy atom. The number of hydrogen-bond acceptors (Lipinski definition) is 5. The van der Waals surface area contributed by atoms with Crippen molar-refractivity contribution < 1.29 is 4.52 Å². The highest BCUT2D eigenvalue weighted by atomic mass is 35.5. The minimum atomic E-state index is 0.323. The SMILES string of the molecule is Clc1ccc(CN2CC[C@@H](c3nc(-c4cccs4)no3)C2)cc1. The highest BCUT2D eigenvalue weighted by molar-refractivity contribution is 7.13. The van der Waals surface area contributed by atoms with E-state index < -0.39 is 0 Å². The first-order chi connectivity index (χ1) is 11.3. The van der Waals surface area contributed by atoms with E-state index in [1.807, 2.05) is 29.6 Å². The van der Waals surface area contributed by atoms with E-state index in [9.17, 15) is 0 Å². The summed E-state index contributed by atoms with van der Waals surface area (Å²) in [5, 5.41) is 6.91. The molecule has 23 heavy (non-hydrogen) atoms. The predicted molar refractivity (Wildman–Crippen MR) is 91.7 cm³/mol. The molecule has 0 amide bonds. The topological polar surface area (TPSA) is 42.2 Å². The number of thiophene rings is 1. The molecule has 3 aromatic rings. The number of aromatic nitrogens is 2. The summed E-state index contributed by atoms with van der Waals surface area (Å²) in [5.41, 5.74) is 1.28.